The molecule has 1 N–H and O–H groups in total. The van der Waals surface area contributed by atoms with Gasteiger partial charge >= 0.3 is 5.97 Å². The lowest BCUT2D eigenvalue weighted by atomic mass is 9.76. The second-order valence-electron chi connectivity index (χ2n) is 10.0. The number of hydrogen-bond acceptors (Lipinski definition) is 8. The minimum absolute atomic E-state index is 0.116. The summed E-state index contributed by atoms with van der Waals surface area (Å²) in [7, 11) is -3.65. The Labute approximate surface area is 257 Å². The number of esters is 1. The molecule has 0 unspecified atom stereocenters. The van der Waals surface area contributed by atoms with E-state index in [4.69, 9.17) is 43.7 Å². The Balaban J connectivity index is 1.93. The first-order valence-electron chi connectivity index (χ1n) is 13.3. The fraction of sp³-hybridized carbons (Fsp3) is 0.462. The van der Waals surface area contributed by atoms with Crippen LogP contribution < -0.4 is 9.46 Å². The molecule has 0 radical (unpaired) electrons. The van der Waals surface area contributed by atoms with Crippen LogP contribution in [0.15, 0.2) is 46.6 Å². The van der Waals surface area contributed by atoms with Crippen molar-refractivity contribution in [3.63, 3.8) is 0 Å². The van der Waals surface area contributed by atoms with Crippen LogP contribution in [0.2, 0.25) is 10.0 Å². The fourth-order valence-electron chi connectivity index (χ4n) is 5.67. The van der Waals surface area contributed by atoms with E-state index in [0.29, 0.717) is 23.4 Å². The molecular weight excluding hydrogens is 623 g/mol. The minimum atomic E-state index is -3.65. The first-order chi connectivity index (χ1) is 20.6. The molecule has 1 aliphatic heterocycles. The third kappa shape index (κ3) is 7.63. The van der Waals surface area contributed by atoms with Gasteiger partial charge in [0.2, 0.25) is 10.0 Å². The average Bonchev–Trinajstić information content (AvgIpc) is 2.95. The molecule has 2 aliphatic rings. The van der Waals surface area contributed by atoms with Crippen molar-refractivity contribution in [1.82, 2.24) is 9.62 Å². The second kappa shape index (κ2) is 14.2. The molecule has 1 saturated carbocycles. The van der Waals surface area contributed by atoms with Crippen molar-refractivity contribution in [2.75, 3.05) is 26.1 Å². The Hall–Kier alpha value is -3.71. The van der Waals surface area contributed by atoms with Crippen LogP contribution in [-0.4, -0.2) is 63.4 Å². The van der Waals surface area contributed by atoms with Gasteiger partial charge in [0.05, 0.1) is 25.4 Å². The third-order valence-corrected chi connectivity index (χ3v) is 8.57. The van der Waals surface area contributed by atoms with Gasteiger partial charge in [-0.3, -0.25) is 9.59 Å². The van der Waals surface area contributed by atoms with Crippen molar-refractivity contribution in [1.29, 1.82) is 0 Å². The summed E-state index contributed by atoms with van der Waals surface area (Å²) in [5.41, 5.74) is 18.1. The van der Waals surface area contributed by atoms with Gasteiger partial charge in [0.25, 0.3) is 5.91 Å². The van der Waals surface area contributed by atoms with Crippen molar-refractivity contribution in [2.45, 2.75) is 49.7 Å². The quantitative estimate of drug-likeness (QED) is 0.107. The Bertz CT molecular complexity index is 1600. The van der Waals surface area contributed by atoms with Crippen LogP contribution in [0.5, 0.6) is 5.75 Å². The van der Waals surface area contributed by atoms with Crippen LogP contribution in [0.3, 0.4) is 0 Å². The average molecular weight is 652 g/mol. The van der Waals surface area contributed by atoms with E-state index >= 15 is 0 Å². The summed E-state index contributed by atoms with van der Waals surface area (Å²) in [4.78, 5) is 35.2. The number of halogens is 2. The number of nitrogens with one attached hydrogen (secondary N) is 1. The summed E-state index contributed by atoms with van der Waals surface area (Å²) in [5, 5.41) is 7.30. The van der Waals surface area contributed by atoms with E-state index in [9.17, 15) is 18.0 Å². The number of carbonyl (C=O) groups is 2. The zero-order valence-electron chi connectivity index (χ0n) is 23.0. The number of benzene rings is 2. The fourth-order valence-corrected chi connectivity index (χ4v) is 7.01. The normalized spacial score (nSPS) is 21.7. The number of hydrogen-bond donors (Lipinski definition) is 1. The van der Waals surface area contributed by atoms with E-state index < -0.39 is 45.9 Å². The van der Waals surface area contributed by atoms with E-state index in [-0.39, 0.29) is 41.8 Å². The lowest BCUT2D eigenvalue weighted by Crippen LogP contribution is -2.58. The minimum Gasteiger partial charge on any atom is -0.488 e. The van der Waals surface area contributed by atoms with Crippen LogP contribution >= 0.6 is 23.2 Å². The van der Waals surface area contributed by atoms with Crippen LogP contribution in [0.4, 0.5) is 0 Å². The van der Waals surface area contributed by atoms with Gasteiger partial charge in [0, 0.05) is 37.5 Å². The third-order valence-electron chi connectivity index (χ3n) is 7.28. The zero-order valence-corrected chi connectivity index (χ0v) is 25.3. The summed E-state index contributed by atoms with van der Waals surface area (Å²) in [6, 6.07) is 6.88. The molecule has 2 aromatic rings. The summed E-state index contributed by atoms with van der Waals surface area (Å²) in [6.07, 6.45) is 3.45. The molecule has 2 aromatic carbocycles. The van der Waals surface area contributed by atoms with Crippen molar-refractivity contribution < 1.29 is 27.5 Å². The summed E-state index contributed by atoms with van der Waals surface area (Å²) >= 11 is 12.9. The van der Waals surface area contributed by atoms with Crippen LogP contribution in [0, 0.1) is 0 Å². The molecule has 0 bridgehead atoms. The number of azide groups is 2. The van der Waals surface area contributed by atoms with E-state index in [1.54, 1.807) is 12.1 Å². The number of nitrogens with zero attached hydrogens (tertiary/aromatic N) is 7. The lowest BCUT2D eigenvalue weighted by molar-refractivity contribution is -0.147. The molecule has 228 valence electrons. The number of carbonyl (C=O) groups excluding carboxylic acids is 2. The second-order valence-corrected chi connectivity index (χ2v) is 12.6. The molecule has 4 atom stereocenters. The molecule has 1 amide bonds. The van der Waals surface area contributed by atoms with Crippen LogP contribution in [-0.2, 0) is 19.6 Å². The maximum Gasteiger partial charge on any atom is 0.315 e. The van der Waals surface area contributed by atoms with Crippen molar-refractivity contribution >= 4 is 45.1 Å². The first kappa shape index (κ1) is 32.2. The maximum atomic E-state index is 14.4. The highest BCUT2D eigenvalue weighted by Gasteiger charge is 2.50. The molecule has 0 saturated heterocycles. The monoisotopic (exact) mass is 650 g/mol. The molecule has 14 nitrogen and oxygen atoms in total. The largest absolute Gasteiger partial charge is 0.488 e. The van der Waals surface area contributed by atoms with Gasteiger partial charge in [-0.2, -0.15) is 0 Å². The SMILES string of the molecule is CS(=O)(=O)N[C@H]1CCCC[C@@H]1N1C(=O)c2ccc(OCN=[N+]=[N-])cc2[C@@H](C(=O)OCCN=[N+]=[N-])[C@@H]1c1ccc(Cl)cc1Cl. The van der Waals surface area contributed by atoms with E-state index in [1.807, 2.05) is 0 Å². The van der Waals surface area contributed by atoms with Crippen molar-refractivity contribution in [3.05, 3.63) is 84.0 Å². The number of fused-ring (bicyclic) bond motifs is 1. The Morgan fingerprint density at radius 1 is 1.09 bits per heavy atom. The van der Waals surface area contributed by atoms with Gasteiger partial charge in [0.1, 0.15) is 11.7 Å². The van der Waals surface area contributed by atoms with Gasteiger partial charge in [-0.15, -0.1) is 0 Å². The summed E-state index contributed by atoms with van der Waals surface area (Å²) < 4.78 is 38.4. The molecule has 17 heteroatoms. The predicted octanol–water partition coefficient (Wildman–Crippen LogP) is 5.63. The van der Waals surface area contributed by atoms with Crippen molar-refractivity contribution in [2.24, 2.45) is 10.2 Å². The number of rotatable bonds is 11. The van der Waals surface area contributed by atoms with Crippen LogP contribution in [0.25, 0.3) is 20.9 Å². The van der Waals surface area contributed by atoms with Gasteiger partial charge in [-0.05, 0) is 65.4 Å². The maximum absolute atomic E-state index is 14.4. The molecule has 1 heterocycles. The van der Waals surface area contributed by atoms with Crippen molar-refractivity contribution in [3.8, 4) is 5.75 Å². The highest BCUT2D eigenvalue weighted by atomic mass is 35.5. The molecular formula is C26H28Cl2N8O6S. The first-order valence-corrected chi connectivity index (χ1v) is 15.9. The lowest BCUT2D eigenvalue weighted by Gasteiger charge is -2.49. The predicted molar refractivity (Wildman–Crippen MR) is 158 cm³/mol. The number of amides is 1. The van der Waals surface area contributed by atoms with Gasteiger partial charge in [0.15, 0.2) is 6.73 Å². The van der Waals surface area contributed by atoms with E-state index in [1.165, 1.54) is 29.2 Å². The number of sulfonamides is 1. The summed E-state index contributed by atoms with van der Waals surface area (Å²) in [5.74, 6) is -2.12. The Kier molecular flexibility index (Phi) is 10.6. The molecule has 43 heavy (non-hydrogen) atoms. The highest BCUT2D eigenvalue weighted by Crippen LogP contribution is 2.49. The van der Waals surface area contributed by atoms with Gasteiger partial charge in [-0.25, -0.2) is 13.1 Å². The smallest absolute Gasteiger partial charge is 0.315 e. The standard InChI is InChI=1S/C26H28Cl2N8O6S/c1-43(39,40)33-21-4-2-3-5-22(21)36-24(18-8-6-15(27)12-20(18)28)23(26(38)41-11-10-31-34-29)19-13-16(42-14-32-35-30)7-9-17(19)25(36)37/h6-9,12-13,21-24,33H,2-5,10-11,14H2,1H3/t21-,22-,23+,24-/m0/s1. The molecule has 1 aliphatic carbocycles. The molecule has 1 fully saturated rings. The zero-order chi connectivity index (χ0) is 31.1. The Morgan fingerprint density at radius 2 is 1.84 bits per heavy atom. The van der Waals surface area contributed by atoms with E-state index in [2.05, 4.69) is 24.8 Å². The topological polar surface area (TPSA) is 200 Å². The number of ether oxygens (including phenoxy) is 2. The van der Waals surface area contributed by atoms with Gasteiger partial charge in [-0.1, -0.05) is 52.3 Å². The molecule has 0 aromatic heterocycles. The summed E-state index contributed by atoms with van der Waals surface area (Å²) in [6.45, 7) is -0.669. The van der Waals surface area contributed by atoms with Crippen LogP contribution in [0.1, 0.15) is 59.1 Å². The highest BCUT2D eigenvalue weighted by molar-refractivity contribution is 7.88. The van der Waals surface area contributed by atoms with E-state index in [0.717, 1.165) is 19.1 Å². The molecule has 4 rings (SSSR count). The van der Waals surface area contributed by atoms with Gasteiger partial charge < -0.3 is 14.4 Å². The Morgan fingerprint density at radius 3 is 2.53 bits per heavy atom. The molecule has 0 spiro atoms.